The van der Waals surface area contributed by atoms with Crippen LogP contribution >= 0.6 is 0 Å². The molecule has 30 heavy (non-hydrogen) atoms. The Kier molecular flexibility index (Phi) is 4.85. The number of ether oxygens (including phenoxy) is 1. The number of fused-ring (bicyclic) bond motifs is 2. The summed E-state index contributed by atoms with van der Waals surface area (Å²) in [5, 5.41) is 5.13. The fraction of sp³-hybridized carbons (Fsp3) is 0.522. The lowest BCUT2D eigenvalue weighted by Crippen LogP contribution is -2.35. The average Bonchev–Trinajstić information content (AvgIpc) is 3.13. The molecule has 0 unspecified atom stereocenters. The van der Waals surface area contributed by atoms with Gasteiger partial charge in [0.1, 0.15) is 0 Å². The van der Waals surface area contributed by atoms with Crippen LogP contribution in [0.3, 0.4) is 0 Å². The maximum absolute atomic E-state index is 12.5. The summed E-state index contributed by atoms with van der Waals surface area (Å²) < 4.78 is 7.77. The van der Waals surface area contributed by atoms with Crippen molar-refractivity contribution in [2.45, 2.75) is 51.7 Å². The van der Waals surface area contributed by atoms with Crippen molar-refractivity contribution in [2.24, 2.45) is 0 Å². The van der Waals surface area contributed by atoms with E-state index in [1.54, 1.807) is 11.8 Å². The number of rotatable bonds is 2. The van der Waals surface area contributed by atoms with E-state index in [1.165, 1.54) is 11.3 Å². The van der Waals surface area contributed by atoms with Crippen LogP contribution in [-0.4, -0.2) is 58.2 Å². The van der Waals surface area contributed by atoms with Crippen molar-refractivity contribution >= 4 is 11.8 Å². The van der Waals surface area contributed by atoms with Crippen LogP contribution in [0.15, 0.2) is 18.2 Å². The highest BCUT2D eigenvalue weighted by Crippen LogP contribution is 2.37. The van der Waals surface area contributed by atoms with Gasteiger partial charge in [-0.2, -0.15) is 5.10 Å². The summed E-state index contributed by atoms with van der Waals surface area (Å²) in [6.07, 6.45) is 3.13. The molecule has 3 aliphatic rings. The van der Waals surface area contributed by atoms with E-state index in [-0.39, 0.29) is 11.8 Å². The summed E-state index contributed by atoms with van der Waals surface area (Å²) in [6, 6.07) is 6.58. The van der Waals surface area contributed by atoms with E-state index in [9.17, 15) is 9.59 Å². The van der Waals surface area contributed by atoms with Crippen LogP contribution in [0.2, 0.25) is 0 Å². The molecule has 1 aromatic heterocycles. The Morgan fingerprint density at radius 3 is 2.73 bits per heavy atom. The topological polar surface area (TPSA) is 67.7 Å². The number of nitrogens with zero attached hydrogens (tertiary/aromatic N) is 4. The number of carbonyl (C=O) groups excluding carboxylic acids is 2. The Labute approximate surface area is 176 Å². The molecule has 1 saturated heterocycles. The summed E-state index contributed by atoms with van der Waals surface area (Å²) in [7, 11) is 1.85. The first-order chi connectivity index (χ1) is 14.5. The third kappa shape index (κ3) is 3.21. The monoisotopic (exact) mass is 408 g/mol. The van der Waals surface area contributed by atoms with Gasteiger partial charge in [-0.3, -0.25) is 14.3 Å². The first-order valence-corrected chi connectivity index (χ1v) is 10.8. The fourth-order valence-corrected chi connectivity index (χ4v) is 5.01. The molecule has 5 rings (SSSR count). The van der Waals surface area contributed by atoms with Gasteiger partial charge in [-0.25, -0.2) is 0 Å². The van der Waals surface area contributed by atoms with E-state index < -0.39 is 0 Å². The van der Waals surface area contributed by atoms with Crippen LogP contribution in [0, 0.1) is 0 Å². The minimum Gasteiger partial charge on any atom is -0.381 e. The number of carbonyl (C=O) groups is 2. The normalized spacial score (nSPS) is 19.6. The molecule has 0 saturated carbocycles. The molecule has 0 aliphatic carbocycles. The molecule has 2 aromatic rings. The van der Waals surface area contributed by atoms with Gasteiger partial charge in [-0.05, 0) is 24.0 Å². The van der Waals surface area contributed by atoms with E-state index in [4.69, 9.17) is 9.84 Å². The number of likely N-dealkylation sites (N-methyl/N-ethyl adjacent to an activating group) is 1. The van der Waals surface area contributed by atoms with Crippen LogP contribution < -0.4 is 0 Å². The highest BCUT2D eigenvalue weighted by molar-refractivity contribution is 5.85. The molecular weight excluding hydrogens is 380 g/mol. The zero-order chi connectivity index (χ0) is 20.8. The largest absolute Gasteiger partial charge is 0.381 e. The minimum absolute atomic E-state index is 0.0947. The first-order valence-electron chi connectivity index (χ1n) is 10.8. The van der Waals surface area contributed by atoms with Gasteiger partial charge in [0.05, 0.1) is 18.2 Å². The zero-order valence-electron chi connectivity index (χ0n) is 17.7. The molecule has 158 valence electrons. The lowest BCUT2D eigenvalue weighted by atomic mass is 9.90. The lowest BCUT2D eigenvalue weighted by molar-refractivity contribution is -0.130. The van der Waals surface area contributed by atoms with Crippen LogP contribution in [0.5, 0.6) is 0 Å². The summed E-state index contributed by atoms with van der Waals surface area (Å²) in [4.78, 5) is 28.2. The van der Waals surface area contributed by atoms with Crippen molar-refractivity contribution in [3.8, 4) is 11.3 Å². The lowest BCUT2D eigenvalue weighted by Gasteiger charge is -2.29. The first kappa shape index (κ1) is 19.3. The van der Waals surface area contributed by atoms with E-state index in [0.717, 1.165) is 61.4 Å². The van der Waals surface area contributed by atoms with Crippen LogP contribution in [-0.2, 0) is 40.3 Å². The molecule has 0 radical (unpaired) electrons. The Balaban J connectivity index is 1.64. The molecule has 7 heteroatoms. The molecule has 3 aliphatic heterocycles. The Morgan fingerprint density at radius 1 is 1.17 bits per heavy atom. The van der Waals surface area contributed by atoms with Crippen LogP contribution in [0.4, 0.5) is 0 Å². The second-order valence-electron chi connectivity index (χ2n) is 8.62. The van der Waals surface area contributed by atoms with Crippen molar-refractivity contribution in [3.63, 3.8) is 0 Å². The van der Waals surface area contributed by atoms with E-state index >= 15 is 0 Å². The summed E-state index contributed by atoms with van der Waals surface area (Å²) in [5.74, 6) is 0.232. The van der Waals surface area contributed by atoms with Crippen molar-refractivity contribution < 1.29 is 14.3 Å². The Bertz CT molecular complexity index is 1010. The summed E-state index contributed by atoms with van der Waals surface area (Å²) in [6.45, 7) is 5.09. The molecular formula is C23H28N4O3. The average molecular weight is 409 g/mol. The quantitative estimate of drug-likeness (QED) is 0.765. The third-order valence-corrected chi connectivity index (χ3v) is 6.76. The van der Waals surface area contributed by atoms with Crippen LogP contribution in [0.1, 0.15) is 48.2 Å². The molecule has 4 heterocycles. The molecule has 0 atom stereocenters. The van der Waals surface area contributed by atoms with Gasteiger partial charge in [0.25, 0.3) is 0 Å². The molecule has 0 spiro atoms. The maximum atomic E-state index is 12.5. The van der Waals surface area contributed by atoms with Gasteiger partial charge in [0.2, 0.25) is 11.8 Å². The van der Waals surface area contributed by atoms with Gasteiger partial charge < -0.3 is 14.5 Å². The Hall–Kier alpha value is -2.67. The Morgan fingerprint density at radius 2 is 1.97 bits per heavy atom. The molecule has 1 fully saturated rings. The van der Waals surface area contributed by atoms with E-state index in [2.05, 4.69) is 22.9 Å². The van der Waals surface area contributed by atoms with Crippen molar-refractivity contribution in [1.82, 2.24) is 19.6 Å². The third-order valence-electron chi connectivity index (χ3n) is 6.76. The van der Waals surface area contributed by atoms with E-state index in [0.29, 0.717) is 25.6 Å². The van der Waals surface area contributed by atoms with Gasteiger partial charge in [0, 0.05) is 70.1 Å². The number of aromatic nitrogens is 2. The van der Waals surface area contributed by atoms with Gasteiger partial charge in [-0.15, -0.1) is 0 Å². The fourth-order valence-electron chi connectivity index (χ4n) is 5.01. The van der Waals surface area contributed by atoms with E-state index in [1.807, 2.05) is 11.9 Å². The van der Waals surface area contributed by atoms with Crippen molar-refractivity contribution in [2.75, 3.05) is 26.8 Å². The number of amides is 2. The van der Waals surface area contributed by atoms with Gasteiger partial charge >= 0.3 is 0 Å². The highest BCUT2D eigenvalue weighted by Gasteiger charge is 2.32. The van der Waals surface area contributed by atoms with Crippen LogP contribution in [0.25, 0.3) is 11.3 Å². The van der Waals surface area contributed by atoms with Crippen molar-refractivity contribution in [1.29, 1.82) is 0 Å². The summed E-state index contributed by atoms with van der Waals surface area (Å²) >= 11 is 0. The molecule has 2 amide bonds. The highest BCUT2D eigenvalue weighted by atomic mass is 16.5. The molecule has 1 aromatic carbocycles. The number of benzene rings is 1. The number of hydrogen-bond acceptors (Lipinski definition) is 4. The minimum atomic E-state index is 0.0947. The second kappa shape index (κ2) is 7.54. The van der Waals surface area contributed by atoms with Gasteiger partial charge in [-0.1, -0.05) is 18.2 Å². The molecule has 0 bridgehead atoms. The maximum Gasteiger partial charge on any atom is 0.227 e. The second-order valence-corrected chi connectivity index (χ2v) is 8.62. The zero-order valence-corrected chi connectivity index (χ0v) is 17.7. The predicted octanol–water partition coefficient (Wildman–Crippen LogP) is 2.32. The number of hydrogen-bond donors (Lipinski definition) is 0. The predicted molar refractivity (Wildman–Crippen MR) is 112 cm³/mol. The van der Waals surface area contributed by atoms with Crippen molar-refractivity contribution in [3.05, 3.63) is 40.6 Å². The summed E-state index contributed by atoms with van der Waals surface area (Å²) in [5.41, 5.74) is 6.63. The molecule has 7 nitrogen and oxygen atoms in total. The molecule has 0 N–H and O–H groups in total. The van der Waals surface area contributed by atoms with Gasteiger partial charge in [0.15, 0.2) is 0 Å². The smallest absolute Gasteiger partial charge is 0.227 e. The standard InChI is InChI=1S/C23H28N4O3/c1-15(28)26-9-6-21-20(14-26)23(24-27(21)17-7-10-30-11-8-17)18-5-3-4-16-13-25(2)22(29)12-19(16)18/h3-5,17H,6-14H2,1-2H3. The SMILES string of the molecule is CC(=O)N1CCc2c(c(-c3cccc4c3CC(=O)N(C)C4)nn2C2CCOCC2)C1.